The van der Waals surface area contributed by atoms with E-state index < -0.39 is 10.8 Å². The van der Waals surface area contributed by atoms with Crippen LogP contribution in [0.25, 0.3) is 10.8 Å². The van der Waals surface area contributed by atoms with Crippen LogP contribution in [0.1, 0.15) is 15.9 Å². The van der Waals surface area contributed by atoms with E-state index in [1.165, 1.54) is 24.3 Å². The van der Waals surface area contributed by atoms with Crippen LogP contribution < -0.4 is 16.2 Å². The number of carbonyl (C=O) groups is 2. The van der Waals surface area contributed by atoms with E-state index in [4.69, 9.17) is 12.2 Å². The maximum atomic E-state index is 12.3. The molecule has 0 aromatic heterocycles. The van der Waals surface area contributed by atoms with E-state index in [0.717, 1.165) is 16.3 Å². The minimum absolute atomic E-state index is 0.0644. The molecule has 0 saturated carbocycles. The van der Waals surface area contributed by atoms with Crippen molar-refractivity contribution in [3.63, 3.8) is 0 Å². The van der Waals surface area contributed by atoms with Gasteiger partial charge in [-0.1, -0.05) is 42.5 Å². The molecule has 0 fully saturated rings. The van der Waals surface area contributed by atoms with Crippen LogP contribution in [0.4, 0.5) is 5.69 Å². The molecule has 0 saturated heterocycles. The summed E-state index contributed by atoms with van der Waals surface area (Å²) in [6, 6.07) is 18.5. The monoisotopic (exact) mass is 408 g/mol. The molecule has 0 heterocycles. The number of hydrogen-bond donors (Lipinski definition) is 3. The van der Waals surface area contributed by atoms with Gasteiger partial charge in [0.2, 0.25) is 5.91 Å². The topological polar surface area (TPSA) is 113 Å². The Bertz CT molecular complexity index is 1090. The molecule has 146 valence electrons. The third kappa shape index (κ3) is 5.11. The normalized spacial score (nSPS) is 10.2. The van der Waals surface area contributed by atoms with Gasteiger partial charge in [-0.05, 0) is 40.7 Å². The molecule has 2 amide bonds. The second-order valence-electron chi connectivity index (χ2n) is 6.08. The quantitative estimate of drug-likeness (QED) is 0.347. The number of nitrogens with zero attached hydrogens (tertiary/aromatic N) is 1. The number of hydrazine groups is 1. The highest BCUT2D eigenvalue weighted by atomic mass is 32.1. The van der Waals surface area contributed by atoms with Crippen LogP contribution in [0.3, 0.4) is 0 Å². The summed E-state index contributed by atoms with van der Waals surface area (Å²) < 4.78 is 0. The number of nitrogens with one attached hydrogen (secondary N) is 3. The van der Waals surface area contributed by atoms with Gasteiger partial charge in [-0.2, -0.15) is 0 Å². The van der Waals surface area contributed by atoms with Gasteiger partial charge in [-0.25, -0.2) is 0 Å². The Balaban J connectivity index is 1.53. The summed E-state index contributed by atoms with van der Waals surface area (Å²) >= 11 is 5.02. The van der Waals surface area contributed by atoms with E-state index in [1.54, 1.807) is 0 Å². The van der Waals surface area contributed by atoms with Crippen molar-refractivity contribution < 1.29 is 14.5 Å². The molecule has 0 radical (unpaired) electrons. The van der Waals surface area contributed by atoms with E-state index in [0.29, 0.717) is 0 Å². The van der Waals surface area contributed by atoms with E-state index in [1.807, 2.05) is 42.5 Å². The first kappa shape index (κ1) is 19.9. The number of hydrogen-bond acceptors (Lipinski definition) is 5. The Kier molecular flexibility index (Phi) is 6.10. The lowest BCUT2D eigenvalue weighted by Crippen LogP contribution is -2.48. The van der Waals surface area contributed by atoms with Crippen LogP contribution in [0.5, 0.6) is 0 Å². The molecule has 0 atom stereocenters. The summed E-state index contributed by atoms with van der Waals surface area (Å²) in [6.45, 7) is 0. The van der Waals surface area contributed by atoms with Gasteiger partial charge in [-0.3, -0.25) is 30.6 Å². The molecule has 29 heavy (non-hydrogen) atoms. The lowest BCUT2D eigenvalue weighted by atomic mass is 10.0. The fraction of sp³-hybridized carbons (Fsp3) is 0.0500. The number of rotatable bonds is 4. The number of fused-ring (bicyclic) bond motifs is 1. The Hall–Kier alpha value is -3.85. The Labute approximate surface area is 171 Å². The predicted molar refractivity (Wildman–Crippen MR) is 112 cm³/mol. The fourth-order valence-electron chi connectivity index (χ4n) is 2.74. The molecule has 3 rings (SSSR count). The first-order chi connectivity index (χ1) is 13.9. The van der Waals surface area contributed by atoms with Crippen LogP contribution >= 0.6 is 12.2 Å². The Morgan fingerprint density at radius 3 is 2.34 bits per heavy atom. The van der Waals surface area contributed by atoms with Gasteiger partial charge in [0, 0.05) is 17.7 Å². The smallest absolute Gasteiger partial charge is 0.269 e. The van der Waals surface area contributed by atoms with E-state index in [9.17, 15) is 19.7 Å². The van der Waals surface area contributed by atoms with Gasteiger partial charge in [0.15, 0.2) is 5.11 Å². The molecule has 0 aliphatic rings. The van der Waals surface area contributed by atoms with Crippen molar-refractivity contribution in [2.45, 2.75) is 6.42 Å². The molecule has 0 unspecified atom stereocenters. The zero-order valence-electron chi connectivity index (χ0n) is 15.0. The van der Waals surface area contributed by atoms with Crippen molar-refractivity contribution in [2.75, 3.05) is 0 Å². The molecule has 0 spiro atoms. The summed E-state index contributed by atoms with van der Waals surface area (Å²) in [5.74, 6) is -0.881. The highest BCUT2D eigenvalue weighted by molar-refractivity contribution is 7.80. The van der Waals surface area contributed by atoms with Gasteiger partial charge in [0.25, 0.3) is 11.6 Å². The fourth-order valence-corrected chi connectivity index (χ4v) is 2.91. The van der Waals surface area contributed by atoms with Gasteiger partial charge in [0.1, 0.15) is 0 Å². The molecular weight excluding hydrogens is 392 g/mol. The van der Waals surface area contributed by atoms with Gasteiger partial charge in [-0.15, -0.1) is 0 Å². The molecule has 0 bridgehead atoms. The average Bonchev–Trinajstić information content (AvgIpc) is 2.72. The number of nitro groups is 1. The third-order valence-corrected chi connectivity index (χ3v) is 4.32. The lowest BCUT2D eigenvalue weighted by Gasteiger charge is -2.11. The van der Waals surface area contributed by atoms with Crippen molar-refractivity contribution in [3.05, 3.63) is 88.0 Å². The first-order valence-corrected chi connectivity index (χ1v) is 8.96. The molecule has 3 aromatic carbocycles. The summed E-state index contributed by atoms with van der Waals surface area (Å²) in [4.78, 5) is 34.4. The summed E-state index contributed by atoms with van der Waals surface area (Å²) in [7, 11) is 0. The van der Waals surface area contributed by atoms with Crippen LogP contribution in [0, 0.1) is 10.1 Å². The summed E-state index contributed by atoms with van der Waals surface area (Å²) in [6.07, 6.45) is 0.124. The summed E-state index contributed by atoms with van der Waals surface area (Å²) in [5, 5.41) is 15.1. The second-order valence-corrected chi connectivity index (χ2v) is 6.48. The second kappa shape index (κ2) is 8.89. The number of carbonyl (C=O) groups excluding carboxylic acids is 2. The lowest BCUT2D eigenvalue weighted by molar-refractivity contribution is -0.384. The maximum Gasteiger partial charge on any atom is 0.269 e. The highest BCUT2D eigenvalue weighted by Gasteiger charge is 2.11. The predicted octanol–water partition coefficient (Wildman–Crippen LogP) is 2.63. The van der Waals surface area contributed by atoms with Crippen molar-refractivity contribution in [1.29, 1.82) is 0 Å². The van der Waals surface area contributed by atoms with Crippen LogP contribution in [-0.2, 0) is 11.2 Å². The van der Waals surface area contributed by atoms with Crippen LogP contribution in [-0.4, -0.2) is 21.9 Å². The zero-order chi connectivity index (χ0) is 20.8. The standard InChI is InChI=1S/C20H16N4O4S/c25-18(12-15-6-3-5-13-4-1-2-7-17(13)15)21-20(29)23-22-19(26)14-8-10-16(11-9-14)24(27)28/h1-11H,12H2,(H,22,26)(H2,21,23,25,29). The van der Waals surface area contributed by atoms with E-state index in [2.05, 4.69) is 16.2 Å². The van der Waals surface area contributed by atoms with Crippen molar-refractivity contribution in [2.24, 2.45) is 0 Å². The SMILES string of the molecule is O=C(Cc1cccc2ccccc12)NC(=S)NNC(=O)c1ccc([N+](=O)[O-])cc1. The number of thiocarbonyl (C=S) groups is 1. The molecular formula is C20H16N4O4S. The number of nitro benzene ring substituents is 1. The number of benzene rings is 3. The molecule has 3 N–H and O–H groups in total. The number of amides is 2. The molecule has 0 aliphatic carbocycles. The van der Waals surface area contributed by atoms with Crippen molar-refractivity contribution in [3.8, 4) is 0 Å². The average molecular weight is 408 g/mol. The molecule has 8 nitrogen and oxygen atoms in total. The van der Waals surface area contributed by atoms with E-state index >= 15 is 0 Å². The molecule has 9 heteroatoms. The van der Waals surface area contributed by atoms with Crippen LogP contribution in [0.15, 0.2) is 66.7 Å². The largest absolute Gasteiger partial charge is 0.302 e. The van der Waals surface area contributed by atoms with Crippen molar-refractivity contribution >= 4 is 45.6 Å². The van der Waals surface area contributed by atoms with Gasteiger partial charge >= 0.3 is 0 Å². The minimum atomic E-state index is -0.555. The van der Waals surface area contributed by atoms with Crippen LogP contribution in [0.2, 0.25) is 0 Å². The van der Waals surface area contributed by atoms with Gasteiger partial charge in [0.05, 0.1) is 11.3 Å². The first-order valence-electron chi connectivity index (χ1n) is 8.55. The molecule has 3 aromatic rings. The third-order valence-electron chi connectivity index (χ3n) is 4.11. The van der Waals surface area contributed by atoms with E-state index in [-0.39, 0.29) is 28.7 Å². The minimum Gasteiger partial charge on any atom is -0.302 e. The van der Waals surface area contributed by atoms with Crippen molar-refractivity contribution in [1.82, 2.24) is 16.2 Å². The summed E-state index contributed by atoms with van der Waals surface area (Å²) in [5.41, 5.74) is 5.71. The Morgan fingerprint density at radius 1 is 0.931 bits per heavy atom. The highest BCUT2D eigenvalue weighted by Crippen LogP contribution is 2.18. The van der Waals surface area contributed by atoms with Gasteiger partial charge < -0.3 is 5.32 Å². The maximum absolute atomic E-state index is 12.3. The molecule has 0 aliphatic heterocycles. The Morgan fingerprint density at radius 2 is 1.62 bits per heavy atom. The number of non-ortho nitro benzene ring substituents is 1. The zero-order valence-corrected chi connectivity index (χ0v) is 15.9.